The molecule has 0 unspecified atom stereocenters. The molecule has 0 radical (unpaired) electrons. The van der Waals surface area contributed by atoms with E-state index in [1.807, 2.05) is 39.8 Å². The van der Waals surface area contributed by atoms with Gasteiger partial charge in [-0.1, -0.05) is 28.1 Å². The highest BCUT2D eigenvalue weighted by Crippen LogP contribution is 2.16. The summed E-state index contributed by atoms with van der Waals surface area (Å²) in [4.78, 5) is 13.6. The minimum absolute atomic E-state index is 0.0872. The van der Waals surface area contributed by atoms with E-state index in [0.717, 1.165) is 10.9 Å². The number of halogens is 1. The summed E-state index contributed by atoms with van der Waals surface area (Å²) in [6, 6.07) is 8.21. The van der Waals surface area contributed by atoms with Crippen LogP contribution in [0.25, 0.3) is 0 Å². The molecule has 3 nitrogen and oxygen atoms in total. The Morgan fingerprint density at radius 2 is 2.05 bits per heavy atom. The molecule has 0 N–H and O–H groups in total. The molecule has 1 aromatic carbocycles. The van der Waals surface area contributed by atoms with Crippen LogP contribution in [0.15, 0.2) is 28.7 Å². The number of carbonyl (C=O) groups excluding carboxylic acids is 1. The third kappa shape index (κ3) is 5.64. The second-order valence-corrected chi connectivity index (χ2v) is 6.69. The Labute approximate surface area is 124 Å². The van der Waals surface area contributed by atoms with Crippen LogP contribution in [0.2, 0.25) is 0 Å². The van der Waals surface area contributed by atoms with Crippen molar-refractivity contribution in [3.05, 3.63) is 34.3 Å². The van der Waals surface area contributed by atoms with E-state index in [0.29, 0.717) is 0 Å². The summed E-state index contributed by atoms with van der Waals surface area (Å²) in [7, 11) is 1.77. The number of hydrogen-bond acceptors (Lipinski definition) is 2. The lowest BCUT2D eigenvalue weighted by molar-refractivity contribution is 0.0236. The molecule has 0 heterocycles. The van der Waals surface area contributed by atoms with Gasteiger partial charge in [0.15, 0.2) is 0 Å². The number of ether oxygens (including phenoxy) is 1. The number of hydrogen-bond donors (Lipinski definition) is 0. The topological polar surface area (TPSA) is 29.5 Å². The van der Waals surface area contributed by atoms with Crippen molar-refractivity contribution in [3.63, 3.8) is 0 Å². The molecule has 19 heavy (non-hydrogen) atoms. The monoisotopic (exact) mass is 327 g/mol. The van der Waals surface area contributed by atoms with Gasteiger partial charge in [0.05, 0.1) is 0 Å². The first kappa shape index (κ1) is 16.0. The first-order valence-electron chi connectivity index (χ1n) is 6.39. The summed E-state index contributed by atoms with van der Waals surface area (Å²) in [6.07, 6.45) is 0.518. The lowest BCUT2D eigenvalue weighted by Gasteiger charge is -2.28. The molecule has 1 rings (SSSR count). The van der Waals surface area contributed by atoms with Crippen molar-refractivity contribution >= 4 is 22.0 Å². The Morgan fingerprint density at radius 1 is 1.42 bits per heavy atom. The van der Waals surface area contributed by atoms with E-state index < -0.39 is 5.60 Å². The van der Waals surface area contributed by atoms with Crippen LogP contribution in [0.5, 0.6) is 0 Å². The van der Waals surface area contributed by atoms with Crippen LogP contribution in [-0.2, 0) is 11.2 Å². The van der Waals surface area contributed by atoms with Gasteiger partial charge in [0, 0.05) is 17.6 Å². The summed E-state index contributed by atoms with van der Waals surface area (Å²) in [5, 5.41) is 0. The Hall–Kier alpha value is -1.03. The van der Waals surface area contributed by atoms with E-state index in [9.17, 15) is 4.79 Å². The number of nitrogens with zero attached hydrogens (tertiary/aromatic N) is 1. The smallest absolute Gasteiger partial charge is 0.410 e. The van der Waals surface area contributed by atoms with Crippen LogP contribution in [0, 0.1) is 0 Å². The molecule has 1 aromatic rings. The standard InChI is InChI=1S/C15H22BrNO2/c1-11(9-12-7-6-8-13(16)10-12)17(5)14(18)19-15(2,3)4/h6-8,10-11H,9H2,1-5H3/t11-/m1/s1. The second kappa shape index (κ2) is 6.42. The van der Waals surface area contributed by atoms with Gasteiger partial charge in [-0.3, -0.25) is 0 Å². The highest BCUT2D eigenvalue weighted by atomic mass is 79.9. The largest absolute Gasteiger partial charge is 0.444 e. The average Bonchev–Trinajstić information content (AvgIpc) is 2.25. The fourth-order valence-electron chi connectivity index (χ4n) is 1.66. The quantitative estimate of drug-likeness (QED) is 0.830. The minimum Gasteiger partial charge on any atom is -0.444 e. The Kier molecular flexibility index (Phi) is 5.41. The molecular formula is C15H22BrNO2. The predicted molar refractivity (Wildman–Crippen MR) is 81.3 cm³/mol. The first-order chi connectivity index (χ1) is 8.69. The number of amides is 1. The van der Waals surface area contributed by atoms with Crippen molar-refractivity contribution in [1.82, 2.24) is 4.90 Å². The fraction of sp³-hybridized carbons (Fsp3) is 0.533. The number of rotatable bonds is 3. The van der Waals surface area contributed by atoms with Gasteiger partial charge in [-0.05, 0) is 51.8 Å². The number of carbonyl (C=O) groups is 1. The summed E-state index contributed by atoms with van der Waals surface area (Å²) < 4.78 is 6.41. The van der Waals surface area contributed by atoms with Crippen molar-refractivity contribution in [1.29, 1.82) is 0 Å². The molecule has 0 aliphatic rings. The summed E-state index contributed by atoms with van der Waals surface area (Å²) >= 11 is 3.45. The Bertz CT molecular complexity index is 440. The van der Waals surface area contributed by atoms with Crippen molar-refractivity contribution in [2.24, 2.45) is 0 Å². The van der Waals surface area contributed by atoms with E-state index in [-0.39, 0.29) is 12.1 Å². The van der Waals surface area contributed by atoms with Gasteiger partial charge in [-0.25, -0.2) is 4.79 Å². The maximum atomic E-state index is 12.0. The maximum Gasteiger partial charge on any atom is 0.410 e. The molecule has 0 fully saturated rings. The lowest BCUT2D eigenvalue weighted by atomic mass is 10.1. The molecule has 1 atom stereocenters. The molecular weight excluding hydrogens is 306 g/mol. The van der Waals surface area contributed by atoms with Crippen molar-refractivity contribution in [2.75, 3.05) is 7.05 Å². The van der Waals surface area contributed by atoms with E-state index in [2.05, 4.69) is 28.1 Å². The van der Waals surface area contributed by atoms with E-state index in [4.69, 9.17) is 4.74 Å². The zero-order valence-corrected chi connectivity index (χ0v) is 13.8. The zero-order chi connectivity index (χ0) is 14.6. The van der Waals surface area contributed by atoms with Crippen molar-refractivity contribution < 1.29 is 9.53 Å². The SMILES string of the molecule is C[C@H](Cc1cccc(Br)c1)N(C)C(=O)OC(C)(C)C. The normalized spacial score (nSPS) is 12.9. The summed E-state index contributed by atoms with van der Waals surface area (Å²) in [6.45, 7) is 7.64. The summed E-state index contributed by atoms with van der Waals surface area (Å²) in [5.74, 6) is 0. The van der Waals surface area contributed by atoms with Gasteiger partial charge in [-0.15, -0.1) is 0 Å². The molecule has 0 saturated carbocycles. The Balaban J connectivity index is 2.62. The molecule has 0 aromatic heterocycles. The molecule has 1 amide bonds. The van der Waals surface area contributed by atoms with Gasteiger partial charge in [0.2, 0.25) is 0 Å². The second-order valence-electron chi connectivity index (χ2n) is 5.77. The lowest BCUT2D eigenvalue weighted by Crippen LogP contribution is -2.40. The molecule has 0 aliphatic heterocycles. The molecule has 0 saturated heterocycles. The van der Waals surface area contributed by atoms with Crippen molar-refractivity contribution in [2.45, 2.75) is 45.8 Å². The fourth-order valence-corrected chi connectivity index (χ4v) is 2.10. The van der Waals surface area contributed by atoms with E-state index >= 15 is 0 Å². The highest BCUT2D eigenvalue weighted by molar-refractivity contribution is 9.10. The highest BCUT2D eigenvalue weighted by Gasteiger charge is 2.22. The molecule has 0 aliphatic carbocycles. The van der Waals surface area contributed by atoms with E-state index in [1.54, 1.807) is 11.9 Å². The predicted octanol–water partition coefficient (Wildman–Crippen LogP) is 4.25. The first-order valence-corrected chi connectivity index (χ1v) is 7.18. The third-order valence-corrected chi connectivity index (χ3v) is 3.26. The van der Waals surface area contributed by atoms with Crippen LogP contribution < -0.4 is 0 Å². The maximum absolute atomic E-state index is 12.0. The van der Waals surface area contributed by atoms with Crippen LogP contribution in [0.4, 0.5) is 4.79 Å². The van der Waals surface area contributed by atoms with Gasteiger partial charge in [0.1, 0.15) is 5.60 Å². The molecule has 0 bridgehead atoms. The zero-order valence-electron chi connectivity index (χ0n) is 12.2. The number of benzene rings is 1. The Morgan fingerprint density at radius 3 is 2.58 bits per heavy atom. The number of likely N-dealkylation sites (N-methyl/N-ethyl adjacent to an activating group) is 1. The van der Waals surface area contributed by atoms with Crippen LogP contribution >= 0.6 is 15.9 Å². The van der Waals surface area contributed by atoms with Crippen LogP contribution in [0.1, 0.15) is 33.3 Å². The molecule has 4 heteroatoms. The third-order valence-electron chi connectivity index (χ3n) is 2.76. The molecule has 106 valence electrons. The summed E-state index contributed by atoms with van der Waals surface area (Å²) in [5.41, 5.74) is 0.734. The average molecular weight is 328 g/mol. The van der Waals surface area contributed by atoms with Gasteiger partial charge < -0.3 is 9.64 Å². The van der Waals surface area contributed by atoms with Gasteiger partial charge in [-0.2, -0.15) is 0 Å². The van der Waals surface area contributed by atoms with Gasteiger partial charge in [0.25, 0.3) is 0 Å². The van der Waals surface area contributed by atoms with Crippen molar-refractivity contribution in [3.8, 4) is 0 Å². The van der Waals surface area contributed by atoms with E-state index in [1.165, 1.54) is 5.56 Å². The van der Waals surface area contributed by atoms with Crippen LogP contribution in [-0.4, -0.2) is 29.7 Å². The van der Waals surface area contributed by atoms with Crippen LogP contribution in [0.3, 0.4) is 0 Å². The minimum atomic E-state index is -0.458. The molecule has 0 spiro atoms. The van der Waals surface area contributed by atoms with Gasteiger partial charge >= 0.3 is 6.09 Å².